The van der Waals surface area contributed by atoms with E-state index in [1.165, 1.54) is 0 Å². The van der Waals surface area contributed by atoms with Crippen LogP contribution in [0, 0.1) is 3.57 Å². The Balaban J connectivity index is 2.38. The van der Waals surface area contributed by atoms with Gasteiger partial charge in [0.2, 0.25) is 0 Å². The molecule has 0 atom stereocenters. The maximum absolute atomic E-state index is 11.2. The Hall–Kier alpha value is -0.580. The molecule has 1 rings (SSSR count). The van der Waals surface area contributed by atoms with Gasteiger partial charge in [-0.1, -0.05) is 6.92 Å². The smallest absolute Gasteiger partial charge is 0.170 e. The predicted molar refractivity (Wildman–Crippen MR) is 64.6 cm³/mol. The lowest BCUT2D eigenvalue weighted by molar-refractivity contribution is -0.121. The van der Waals surface area contributed by atoms with E-state index in [-0.39, 0.29) is 12.4 Å². The third kappa shape index (κ3) is 4.09. The van der Waals surface area contributed by atoms with Gasteiger partial charge in [0.1, 0.15) is 12.4 Å². The molecule has 0 fully saturated rings. The van der Waals surface area contributed by atoms with Crippen LogP contribution in [0.3, 0.4) is 0 Å². The number of ketones is 1. The number of carbonyl (C=O) groups is 1. The zero-order valence-electron chi connectivity index (χ0n) is 8.13. The number of benzene rings is 1. The van der Waals surface area contributed by atoms with Crippen LogP contribution < -0.4 is 4.74 Å². The highest BCUT2D eigenvalue weighted by Crippen LogP contribution is 2.13. The van der Waals surface area contributed by atoms with Gasteiger partial charge in [-0.3, -0.25) is 4.79 Å². The van der Waals surface area contributed by atoms with E-state index in [2.05, 4.69) is 22.6 Å². The zero-order valence-corrected chi connectivity index (χ0v) is 10.3. The normalized spacial score (nSPS) is 9.86. The second kappa shape index (κ2) is 6.01. The molecule has 0 aliphatic heterocycles. The van der Waals surface area contributed by atoms with Gasteiger partial charge in [-0.2, -0.15) is 0 Å². The number of Topliss-reactive ketones (excluding diaryl/α,β-unsaturated/α-hetero) is 1. The maximum atomic E-state index is 11.2. The van der Waals surface area contributed by atoms with Crippen LogP contribution in [-0.2, 0) is 4.79 Å². The highest BCUT2D eigenvalue weighted by molar-refractivity contribution is 14.1. The molecule has 0 saturated carbocycles. The minimum Gasteiger partial charge on any atom is -0.486 e. The maximum Gasteiger partial charge on any atom is 0.170 e. The Morgan fingerprint density at radius 3 is 2.57 bits per heavy atom. The topological polar surface area (TPSA) is 26.3 Å². The standard InChI is InChI=1S/C11H13IO2/c1-2-3-10(13)8-14-11-6-4-9(12)5-7-11/h4-7H,2-3,8H2,1H3. The molecular weight excluding hydrogens is 291 g/mol. The summed E-state index contributed by atoms with van der Waals surface area (Å²) in [6.45, 7) is 2.18. The van der Waals surface area contributed by atoms with Gasteiger partial charge < -0.3 is 4.74 Å². The molecule has 0 aromatic heterocycles. The third-order valence-electron chi connectivity index (χ3n) is 1.74. The van der Waals surface area contributed by atoms with E-state index < -0.39 is 0 Å². The molecule has 2 nitrogen and oxygen atoms in total. The SMILES string of the molecule is CCCC(=O)COc1ccc(I)cc1. The monoisotopic (exact) mass is 304 g/mol. The van der Waals surface area contributed by atoms with Gasteiger partial charge in [0.25, 0.3) is 0 Å². The van der Waals surface area contributed by atoms with Crippen molar-refractivity contribution in [1.82, 2.24) is 0 Å². The first-order chi connectivity index (χ1) is 6.72. The quantitative estimate of drug-likeness (QED) is 0.782. The second-order valence-corrected chi connectivity index (χ2v) is 4.28. The summed E-state index contributed by atoms with van der Waals surface area (Å²) in [7, 11) is 0. The summed E-state index contributed by atoms with van der Waals surface area (Å²) in [5, 5.41) is 0. The summed E-state index contributed by atoms with van der Waals surface area (Å²) >= 11 is 2.23. The van der Waals surface area contributed by atoms with E-state index in [0.29, 0.717) is 6.42 Å². The Labute approximate surface area is 97.8 Å². The molecule has 0 amide bonds. The average molecular weight is 304 g/mol. The van der Waals surface area contributed by atoms with Gasteiger partial charge in [0, 0.05) is 9.99 Å². The first kappa shape index (κ1) is 11.5. The fourth-order valence-electron chi connectivity index (χ4n) is 1.05. The van der Waals surface area contributed by atoms with Gasteiger partial charge in [-0.15, -0.1) is 0 Å². The molecule has 0 aliphatic rings. The second-order valence-electron chi connectivity index (χ2n) is 3.03. The number of ether oxygens (including phenoxy) is 1. The first-order valence-electron chi connectivity index (χ1n) is 4.62. The van der Waals surface area contributed by atoms with E-state index in [4.69, 9.17) is 4.74 Å². The summed E-state index contributed by atoms with van der Waals surface area (Å²) in [6, 6.07) is 7.67. The van der Waals surface area contributed by atoms with Crippen molar-refractivity contribution >= 4 is 28.4 Å². The molecule has 14 heavy (non-hydrogen) atoms. The van der Waals surface area contributed by atoms with Gasteiger partial charge in [0.05, 0.1) is 0 Å². The van der Waals surface area contributed by atoms with Crippen molar-refractivity contribution in [1.29, 1.82) is 0 Å². The molecule has 0 spiro atoms. The summed E-state index contributed by atoms with van der Waals surface area (Å²) in [5.41, 5.74) is 0. The Morgan fingerprint density at radius 1 is 1.36 bits per heavy atom. The molecule has 0 radical (unpaired) electrons. The fraction of sp³-hybridized carbons (Fsp3) is 0.364. The summed E-state index contributed by atoms with van der Waals surface area (Å²) in [6.07, 6.45) is 1.49. The Morgan fingerprint density at radius 2 is 2.00 bits per heavy atom. The van der Waals surface area contributed by atoms with E-state index in [1.807, 2.05) is 31.2 Å². The molecule has 1 aromatic rings. The van der Waals surface area contributed by atoms with E-state index in [1.54, 1.807) is 0 Å². The van der Waals surface area contributed by atoms with Crippen LogP contribution in [0.5, 0.6) is 5.75 Å². The van der Waals surface area contributed by atoms with Gasteiger partial charge in [-0.05, 0) is 53.3 Å². The highest BCUT2D eigenvalue weighted by Gasteiger charge is 2.01. The molecule has 0 aliphatic carbocycles. The van der Waals surface area contributed by atoms with Crippen molar-refractivity contribution in [2.45, 2.75) is 19.8 Å². The number of carbonyl (C=O) groups excluding carboxylic acids is 1. The molecule has 0 saturated heterocycles. The van der Waals surface area contributed by atoms with Crippen LogP contribution in [0.15, 0.2) is 24.3 Å². The van der Waals surface area contributed by atoms with Gasteiger partial charge in [0.15, 0.2) is 5.78 Å². The molecule has 0 heterocycles. The van der Waals surface area contributed by atoms with E-state index in [9.17, 15) is 4.79 Å². The fourth-order valence-corrected chi connectivity index (χ4v) is 1.41. The first-order valence-corrected chi connectivity index (χ1v) is 5.70. The lowest BCUT2D eigenvalue weighted by Crippen LogP contribution is -2.10. The molecule has 0 unspecified atom stereocenters. The number of halogens is 1. The van der Waals surface area contributed by atoms with Crippen molar-refractivity contribution in [3.05, 3.63) is 27.8 Å². The van der Waals surface area contributed by atoms with Crippen LogP contribution in [-0.4, -0.2) is 12.4 Å². The third-order valence-corrected chi connectivity index (χ3v) is 2.46. The van der Waals surface area contributed by atoms with Crippen molar-refractivity contribution in [3.8, 4) is 5.75 Å². The summed E-state index contributed by atoms with van der Waals surface area (Å²) < 4.78 is 6.48. The van der Waals surface area contributed by atoms with Gasteiger partial charge in [-0.25, -0.2) is 0 Å². The molecule has 0 N–H and O–H groups in total. The number of hydrogen-bond donors (Lipinski definition) is 0. The number of hydrogen-bond acceptors (Lipinski definition) is 2. The zero-order chi connectivity index (χ0) is 10.4. The number of rotatable bonds is 5. The molecular formula is C11H13IO2. The molecule has 0 bridgehead atoms. The van der Waals surface area contributed by atoms with Crippen molar-refractivity contribution in [3.63, 3.8) is 0 Å². The Bertz CT molecular complexity index is 293. The van der Waals surface area contributed by atoms with E-state index >= 15 is 0 Å². The minimum atomic E-state index is 0.158. The Kier molecular flexibility index (Phi) is 4.93. The molecule has 76 valence electrons. The van der Waals surface area contributed by atoms with Crippen molar-refractivity contribution < 1.29 is 9.53 Å². The van der Waals surface area contributed by atoms with Gasteiger partial charge >= 0.3 is 0 Å². The van der Waals surface area contributed by atoms with Crippen LogP contribution in [0.4, 0.5) is 0 Å². The van der Waals surface area contributed by atoms with Crippen LogP contribution in [0.1, 0.15) is 19.8 Å². The van der Waals surface area contributed by atoms with Crippen LogP contribution in [0.25, 0.3) is 0 Å². The highest BCUT2D eigenvalue weighted by atomic mass is 127. The van der Waals surface area contributed by atoms with E-state index in [0.717, 1.165) is 15.7 Å². The summed E-state index contributed by atoms with van der Waals surface area (Å²) in [4.78, 5) is 11.2. The van der Waals surface area contributed by atoms with Crippen molar-refractivity contribution in [2.24, 2.45) is 0 Å². The molecule has 3 heteroatoms. The summed E-state index contributed by atoms with van der Waals surface area (Å²) in [5.74, 6) is 0.918. The molecule has 1 aromatic carbocycles. The lowest BCUT2D eigenvalue weighted by atomic mass is 10.2. The van der Waals surface area contributed by atoms with Crippen LogP contribution in [0.2, 0.25) is 0 Å². The average Bonchev–Trinajstić information content (AvgIpc) is 2.17. The van der Waals surface area contributed by atoms with Crippen molar-refractivity contribution in [2.75, 3.05) is 6.61 Å². The van der Waals surface area contributed by atoms with Crippen LogP contribution >= 0.6 is 22.6 Å². The largest absolute Gasteiger partial charge is 0.486 e. The lowest BCUT2D eigenvalue weighted by Gasteiger charge is -2.04. The predicted octanol–water partition coefficient (Wildman–Crippen LogP) is 3.04. The minimum absolute atomic E-state index is 0.158.